The first kappa shape index (κ1) is 15.8. The molecule has 2 aromatic rings. The Morgan fingerprint density at radius 2 is 1.41 bits per heavy atom. The zero-order valence-electron chi connectivity index (χ0n) is 12.8. The minimum atomic E-state index is -0.338. The maximum Gasteiger partial charge on any atom is 0.308 e. The Labute approximate surface area is 129 Å². The number of benzene rings is 2. The zero-order valence-corrected chi connectivity index (χ0v) is 12.8. The molecule has 4 nitrogen and oxygen atoms in total. The van der Waals surface area contributed by atoms with Crippen molar-refractivity contribution in [1.82, 2.24) is 0 Å². The molecule has 0 saturated carbocycles. The Balaban J connectivity index is 2.18. The number of hydrogen-bond acceptors (Lipinski definition) is 4. The lowest BCUT2D eigenvalue weighted by Crippen LogP contribution is -2.03. The molecule has 1 unspecified atom stereocenters. The van der Waals surface area contributed by atoms with Gasteiger partial charge in [-0.2, -0.15) is 0 Å². The highest BCUT2D eigenvalue weighted by molar-refractivity contribution is 5.69. The van der Waals surface area contributed by atoms with Gasteiger partial charge in [0, 0.05) is 19.8 Å². The van der Waals surface area contributed by atoms with Gasteiger partial charge in [-0.05, 0) is 35.4 Å². The Kier molecular flexibility index (Phi) is 4.94. The molecule has 4 heteroatoms. The van der Waals surface area contributed by atoms with E-state index in [-0.39, 0.29) is 17.9 Å². The molecule has 0 N–H and O–H groups in total. The molecular formula is C18H18O4. The normalized spacial score (nSPS) is 11.6. The van der Waals surface area contributed by atoms with Crippen LogP contribution in [-0.4, -0.2) is 11.9 Å². The van der Waals surface area contributed by atoms with Gasteiger partial charge in [0.15, 0.2) is 0 Å². The van der Waals surface area contributed by atoms with E-state index in [1.165, 1.54) is 13.8 Å². The number of carbonyl (C=O) groups excluding carboxylic acids is 2. The van der Waals surface area contributed by atoms with Crippen LogP contribution in [0.25, 0.3) is 0 Å². The summed E-state index contributed by atoms with van der Waals surface area (Å²) >= 11 is 0. The molecule has 0 amide bonds. The Hall–Kier alpha value is -2.62. The van der Waals surface area contributed by atoms with E-state index in [0.29, 0.717) is 11.5 Å². The predicted octanol–water partition coefficient (Wildman–Crippen LogP) is 3.69. The smallest absolute Gasteiger partial charge is 0.308 e. The van der Waals surface area contributed by atoms with Gasteiger partial charge in [-0.25, -0.2) is 0 Å². The fraction of sp³-hybridized carbons (Fsp3) is 0.222. The second-order valence-corrected chi connectivity index (χ2v) is 5.05. The highest BCUT2D eigenvalue weighted by Gasteiger charge is 2.10. The number of hydrogen-bond donors (Lipinski definition) is 0. The molecule has 0 spiro atoms. The Morgan fingerprint density at radius 3 is 2.00 bits per heavy atom. The van der Waals surface area contributed by atoms with Gasteiger partial charge < -0.3 is 9.47 Å². The molecule has 1 atom stereocenters. The standard InChI is InChI=1S/C18H18O4/c1-12(15-7-9-17(10-8-15)21-13(2)19)16-5-4-6-18(11-16)22-14(3)20/h4-12H,1-3H3. The molecule has 0 aliphatic carbocycles. The van der Waals surface area contributed by atoms with Crippen LogP contribution in [0.4, 0.5) is 0 Å². The lowest BCUT2D eigenvalue weighted by molar-refractivity contribution is -0.132. The van der Waals surface area contributed by atoms with Gasteiger partial charge in [0.1, 0.15) is 11.5 Å². The van der Waals surface area contributed by atoms with Gasteiger partial charge in [0.05, 0.1) is 0 Å². The van der Waals surface area contributed by atoms with E-state index in [0.717, 1.165) is 11.1 Å². The van der Waals surface area contributed by atoms with E-state index in [1.54, 1.807) is 18.2 Å². The predicted molar refractivity (Wildman–Crippen MR) is 83.0 cm³/mol. The van der Waals surface area contributed by atoms with Crippen LogP contribution in [0.1, 0.15) is 37.8 Å². The molecule has 0 heterocycles. The van der Waals surface area contributed by atoms with Crippen molar-refractivity contribution in [3.05, 3.63) is 59.7 Å². The zero-order chi connectivity index (χ0) is 16.1. The van der Waals surface area contributed by atoms with E-state index in [4.69, 9.17) is 9.47 Å². The first-order chi connectivity index (χ1) is 10.5. The van der Waals surface area contributed by atoms with Crippen molar-refractivity contribution in [2.75, 3.05) is 0 Å². The summed E-state index contributed by atoms with van der Waals surface area (Å²) < 4.78 is 10.1. The van der Waals surface area contributed by atoms with Gasteiger partial charge in [-0.15, -0.1) is 0 Å². The van der Waals surface area contributed by atoms with Gasteiger partial charge in [0.25, 0.3) is 0 Å². The highest BCUT2D eigenvalue weighted by atomic mass is 16.5. The summed E-state index contributed by atoms with van der Waals surface area (Å²) in [6.45, 7) is 4.81. The lowest BCUT2D eigenvalue weighted by Gasteiger charge is -2.14. The first-order valence-corrected chi connectivity index (χ1v) is 7.02. The van der Waals surface area contributed by atoms with E-state index in [1.807, 2.05) is 30.3 Å². The molecule has 0 bridgehead atoms. The molecule has 0 radical (unpaired) electrons. The maximum atomic E-state index is 11.0. The maximum absolute atomic E-state index is 11.0. The second-order valence-electron chi connectivity index (χ2n) is 5.05. The van der Waals surface area contributed by atoms with Gasteiger partial charge in [0.2, 0.25) is 0 Å². The largest absolute Gasteiger partial charge is 0.427 e. The van der Waals surface area contributed by atoms with Gasteiger partial charge in [-0.3, -0.25) is 9.59 Å². The van der Waals surface area contributed by atoms with E-state index in [9.17, 15) is 9.59 Å². The molecule has 0 aromatic heterocycles. The summed E-state index contributed by atoms with van der Waals surface area (Å²) in [6, 6.07) is 14.8. The second kappa shape index (κ2) is 6.89. The minimum Gasteiger partial charge on any atom is -0.427 e. The average Bonchev–Trinajstić information content (AvgIpc) is 2.46. The number of rotatable bonds is 4. The molecule has 2 rings (SSSR count). The summed E-state index contributed by atoms with van der Waals surface area (Å²) in [6.07, 6.45) is 0. The third kappa shape index (κ3) is 4.19. The summed E-state index contributed by atoms with van der Waals surface area (Å²) in [7, 11) is 0. The molecular weight excluding hydrogens is 280 g/mol. The summed E-state index contributed by atoms with van der Waals surface area (Å²) in [4.78, 5) is 21.9. The third-order valence-electron chi connectivity index (χ3n) is 3.26. The van der Waals surface area contributed by atoms with Gasteiger partial charge >= 0.3 is 11.9 Å². The van der Waals surface area contributed by atoms with Crippen molar-refractivity contribution in [3.8, 4) is 11.5 Å². The summed E-state index contributed by atoms with van der Waals surface area (Å²) in [5.41, 5.74) is 2.12. The summed E-state index contributed by atoms with van der Waals surface area (Å²) in [5, 5.41) is 0. The van der Waals surface area contributed by atoms with Crippen LogP contribution in [0.3, 0.4) is 0 Å². The average molecular weight is 298 g/mol. The van der Waals surface area contributed by atoms with Crippen LogP contribution in [0, 0.1) is 0 Å². The number of esters is 2. The molecule has 0 saturated heterocycles. The van der Waals surface area contributed by atoms with E-state index >= 15 is 0 Å². The molecule has 0 aliphatic heterocycles. The topological polar surface area (TPSA) is 52.6 Å². The molecule has 2 aromatic carbocycles. The SMILES string of the molecule is CC(=O)Oc1ccc(C(C)c2cccc(OC(C)=O)c2)cc1. The van der Waals surface area contributed by atoms with Crippen LogP contribution in [0.5, 0.6) is 11.5 Å². The van der Waals surface area contributed by atoms with Crippen LogP contribution < -0.4 is 9.47 Å². The summed E-state index contributed by atoms with van der Waals surface area (Å²) in [5.74, 6) is 0.512. The highest BCUT2D eigenvalue weighted by Crippen LogP contribution is 2.28. The molecule has 114 valence electrons. The van der Waals surface area contributed by atoms with Crippen molar-refractivity contribution < 1.29 is 19.1 Å². The van der Waals surface area contributed by atoms with Crippen molar-refractivity contribution >= 4 is 11.9 Å². The number of carbonyl (C=O) groups is 2. The molecule has 0 aliphatic rings. The van der Waals surface area contributed by atoms with Crippen molar-refractivity contribution in [2.45, 2.75) is 26.7 Å². The van der Waals surface area contributed by atoms with Crippen molar-refractivity contribution in [3.63, 3.8) is 0 Å². The quantitative estimate of drug-likeness (QED) is 0.638. The Morgan fingerprint density at radius 1 is 0.818 bits per heavy atom. The lowest BCUT2D eigenvalue weighted by atomic mass is 9.93. The molecule has 0 fully saturated rings. The van der Waals surface area contributed by atoms with Crippen LogP contribution in [0.15, 0.2) is 48.5 Å². The minimum absolute atomic E-state index is 0.127. The van der Waals surface area contributed by atoms with Crippen molar-refractivity contribution in [2.24, 2.45) is 0 Å². The van der Waals surface area contributed by atoms with Crippen LogP contribution in [-0.2, 0) is 9.59 Å². The first-order valence-electron chi connectivity index (χ1n) is 7.02. The fourth-order valence-electron chi connectivity index (χ4n) is 2.20. The monoisotopic (exact) mass is 298 g/mol. The Bertz CT molecular complexity index is 674. The van der Waals surface area contributed by atoms with Crippen LogP contribution in [0.2, 0.25) is 0 Å². The van der Waals surface area contributed by atoms with Gasteiger partial charge in [-0.1, -0.05) is 31.2 Å². The molecule has 22 heavy (non-hydrogen) atoms. The van der Waals surface area contributed by atoms with Crippen molar-refractivity contribution in [1.29, 1.82) is 0 Å². The van der Waals surface area contributed by atoms with Crippen LogP contribution >= 0.6 is 0 Å². The van der Waals surface area contributed by atoms with E-state index < -0.39 is 0 Å². The third-order valence-corrected chi connectivity index (χ3v) is 3.26. The fourth-order valence-corrected chi connectivity index (χ4v) is 2.20. The van der Waals surface area contributed by atoms with E-state index in [2.05, 4.69) is 6.92 Å². The number of ether oxygens (including phenoxy) is 2.